The minimum Gasteiger partial charge on any atom is -0.462 e. The number of hydrogen-bond acceptors (Lipinski definition) is 5. The van der Waals surface area contributed by atoms with Crippen LogP contribution in [0, 0.1) is 0 Å². The highest BCUT2D eigenvalue weighted by Gasteiger charge is 2.17. The molecule has 0 heterocycles. The summed E-state index contributed by atoms with van der Waals surface area (Å²) >= 11 is 0. The molecule has 0 spiro atoms. The summed E-state index contributed by atoms with van der Waals surface area (Å²) in [7, 11) is 0. The lowest BCUT2D eigenvalue weighted by Gasteiger charge is -2.18. The predicted octanol–water partition coefficient (Wildman–Crippen LogP) is 18.6. The van der Waals surface area contributed by atoms with Gasteiger partial charge in [-0.1, -0.05) is 219 Å². The maximum atomic E-state index is 12.8. The van der Waals surface area contributed by atoms with Crippen LogP contribution in [0.5, 0.6) is 0 Å². The molecule has 66 heavy (non-hydrogen) atoms. The van der Waals surface area contributed by atoms with Crippen LogP contribution in [-0.4, -0.2) is 37.9 Å². The van der Waals surface area contributed by atoms with Crippen molar-refractivity contribution in [3.63, 3.8) is 0 Å². The van der Waals surface area contributed by atoms with Crippen molar-refractivity contribution < 1.29 is 23.8 Å². The van der Waals surface area contributed by atoms with Gasteiger partial charge >= 0.3 is 11.9 Å². The Morgan fingerprint density at radius 1 is 0.348 bits per heavy atom. The molecule has 0 aromatic heterocycles. The van der Waals surface area contributed by atoms with Gasteiger partial charge in [0.15, 0.2) is 6.10 Å². The number of esters is 2. The Bertz CT molecular complexity index is 1350. The minimum absolute atomic E-state index is 0.0400. The van der Waals surface area contributed by atoms with E-state index in [9.17, 15) is 9.59 Å². The fourth-order valence-corrected chi connectivity index (χ4v) is 7.01. The van der Waals surface area contributed by atoms with Crippen molar-refractivity contribution in [2.75, 3.05) is 19.8 Å². The van der Waals surface area contributed by atoms with Gasteiger partial charge in [-0.3, -0.25) is 9.59 Å². The lowest BCUT2D eigenvalue weighted by atomic mass is 10.1. The van der Waals surface area contributed by atoms with Crippen LogP contribution in [-0.2, 0) is 23.8 Å². The fraction of sp³-hybridized carbons (Fsp3) is 0.639. The molecule has 0 aliphatic heterocycles. The molecule has 0 aliphatic rings. The molecule has 1 atom stereocenters. The smallest absolute Gasteiger partial charge is 0.306 e. The molecule has 1 unspecified atom stereocenters. The number of hydrogen-bond donors (Lipinski definition) is 0. The van der Waals surface area contributed by atoms with Crippen molar-refractivity contribution >= 4 is 11.9 Å². The van der Waals surface area contributed by atoms with Crippen LogP contribution in [0.25, 0.3) is 0 Å². The van der Waals surface area contributed by atoms with Crippen molar-refractivity contribution in [2.45, 2.75) is 232 Å². The molecule has 0 fully saturated rings. The molecule has 0 aliphatic carbocycles. The summed E-state index contributed by atoms with van der Waals surface area (Å²) in [5, 5.41) is 0. The number of carbonyl (C=O) groups is 2. The maximum absolute atomic E-state index is 12.8. The molecular formula is C61H100O5. The highest BCUT2D eigenvalue weighted by atomic mass is 16.6. The molecule has 0 saturated heterocycles. The molecule has 5 nitrogen and oxygen atoms in total. The van der Waals surface area contributed by atoms with Crippen LogP contribution in [0.1, 0.15) is 226 Å². The normalized spacial score (nSPS) is 13.2. The van der Waals surface area contributed by atoms with Crippen LogP contribution in [0.15, 0.2) is 122 Å². The number of allylic oxidation sites excluding steroid dienone is 20. The molecule has 0 rings (SSSR count). The third kappa shape index (κ3) is 52.9. The molecule has 0 saturated carbocycles. The number of ether oxygens (including phenoxy) is 3. The van der Waals surface area contributed by atoms with Gasteiger partial charge in [-0.2, -0.15) is 0 Å². The molecule has 374 valence electrons. The summed E-state index contributed by atoms with van der Waals surface area (Å²) in [6.07, 6.45) is 78.0. The van der Waals surface area contributed by atoms with Crippen molar-refractivity contribution in [3.05, 3.63) is 122 Å². The largest absolute Gasteiger partial charge is 0.462 e. The van der Waals surface area contributed by atoms with Gasteiger partial charge in [-0.25, -0.2) is 0 Å². The van der Waals surface area contributed by atoms with E-state index in [1.807, 2.05) is 6.08 Å². The van der Waals surface area contributed by atoms with Gasteiger partial charge in [0.05, 0.1) is 6.61 Å². The lowest BCUT2D eigenvalue weighted by Crippen LogP contribution is -2.30. The standard InChI is InChI=1S/C61H100O5/c1-4-7-10-13-16-19-22-25-27-29-30-31-33-35-38-41-44-47-50-53-56-64-57-59(66-61(63)55-52-49-46-43-40-36-24-21-18-15-12-9-6-3)58-65-60(62)54-51-48-45-42-39-37-34-32-28-26-23-20-17-14-11-8-5-2/h8-9,11-12,16-21,25-28,30-31,36,40,46,49,59H,4-7,10,13-15,22-24,29,32-35,37-39,41-45,47-48,50-58H2,1-3H3/b11-8-,12-9-,19-16-,20-17-,21-18-,27-25-,28-26-,31-30-,40-36-,49-46-. The molecule has 5 heteroatoms. The SMILES string of the molecule is CC/C=C\C/C=C\C/C=C\C/C=C\CCC(=O)OC(COCCCCCCCCC/C=C\C/C=C\C/C=C\CCCCC)COC(=O)CCCCCCCCC/C=C\C/C=C\C/C=C\CC. The van der Waals surface area contributed by atoms with Gasteiger partial charge in [-0.15, -0.1) is 0 Å². The quantitative estimate of drug-likeness (QED) is 0.0346. The van der Waals surface area contributed by atoms with Crippen LogP contribution in [0.3, 0.4) is 0 Å². The maximum Gasteiger partial charge on any atom is 0.306 e. The topological polar surface area (TPSA) is 61.8 Å². The first-order valence-electron chi connectivity index (χ1n) is 27.1. The average Bonchev–Trinajstić information content (AvgIpc) is 3.32. The number of carbonyl (C=O) groups excluding carboxylic acids is 2. The minimum atomic E-state index is -0.592. The second kappa shape index (κ2) is 55.6. The summed E-state index contributed by atoms with van der Waals surface area (Å²) in [5.41, 5.74) is 0. The van der Waals surface area contributed by atoms with Gasteiger partial charge in [0.25, 0.3) is 0 Å². The molecule has 0 amide bonds. The van der Waals surface area contributed by atoms with Crippen LogP contribution in [0.4, 0.5) is 0 Å². The summed E-state index contributed by atoms with van der Waals surface area (Å²) in [6.45, 7) is 7.46. The number of unbranched alkanes of at least 4 members (excludes halogenated alkanes) is 17. The second-order valence-corrected chi connectivity index (χ2v) is 17.4. The Morgan fingerprint density at radius 2 is 0.712 bits per heavy atom. The van der Waals surface area contributed by atoms with E-state index < -0.39 is 6.10 Å². The van der Waals surface area contributed by atoms with E-state index in [4.69, 9.17) is 14.2 Å². The van der Waals surface area contributed by atoms with E-state index in [0.29, 0.717) is 19.4 Å². The molecule has 0 aromatic carbocycles. The highest BCUT2D eigenvalue weighted by molar-refractivity contribution is 5.70. The Morgan fingerprint density at radius 3 is 1.15 bits per heavy atom. The predicted molar refractivity (Wildman–Crippen MR) is 288 cm³/mol. The summed E-state index contributed by atoms with van der Waals surface area (Å²) in [5.74, 6) is -0.514. The van der Waals surface area contributed by atoms with Gasteiger partial charge in [0, 0.05) is 19.4 Å². The molecule has 0 radical (unpaired) electrons. The van der Waals surface area contributed by atoms with Gasteiger partial charge < -0.3 is 14.2 Å². The van der Waals surface area contributed by atoms with Crippen molar-refractivity contribution in [3.8, 4) is 0 Å². The summed E-state index contributed by atoms with van der Waals surface area (Å²) < 4.78 is 17.3. The third-order valence-corrected chi connectivity index (χ3v) is 11.0. The van der Waals surface area contributed by atoms with E-state index >= 15 is 0 Å². The van der Waals surface area contributed by atoms with E-state index in [1.54, 1.807) is 0 Å². The van der Waals surface area contributed by atoms with E-state index in [2.05, 4.69) is 136 Å². The zero-order valence-electron chi connectivity index (χ0n) is 42.9. The first-order valence-corrected chi connectivity index (χ1v) is 27.1. The Balaban J connectivity index is 4.37. The fourth-order valence-electron chi connectivity index (χ4n) is 7.01. The van der Waals surface area contributed by atoms with E-state index in [1.165, 1.54) is 89.9 Å². The van der Waals surface area contributed by atoms with Crippen molar-refractivity contribution in [1.82, 2.24) is 0 Å². The zero-order chi connectivity index (χ0) is 47.7. The molecular weight excluding hydrogens is 813 g/mol. The number of rotatable bonds is 48. The summed E-state index contributed by atoms with van der Waals surface area (Å²) in [6, 6.07) is 0. The third-order valence-electron chi connectivity index (χ3n) is 11.0. The zero-order valence-corrected chi connectivity index (χ0v) is 42.9. The van der Waals surface area contributed by atoms with Crippen LogP contribution >= 0.6 is 0 Å². The Hall–Kier alpha value is -3.70. The Labute approximate surface area is 407 Å². The molecule has 0 bridgehead atoms. The van der Waals surface area contributed by atoms with Crippen molar-refractivity contribution in [2.24, 2.45) is 0 Å². The lowest BCUT2D eigenvalue weighted by molar-refractivity contribution is -0.162. The highest BCUT2D eigenvalue weighted by Crippen LogP contribution is 2.13. The van der Waals surface area contributed by atoms with Crippen LogP contribution in [0.2, 0.25) is 0 Å². The van der Waals surface area contributed by atoms with Crippen molar-refractivity contribution in [1.29, 1.82) is 0 Å². The second-order valence-electron chi connectivity index (χ2n) is 17.4. The van der Waals surface area contributed by atoms with Gasteiger partial charge in [-0.05, 0) is 116 Å². The van der Waals surface area contributed by atoms with Gasteiger partial charge in [0.1, 0.15) is 6.61 Å². The first kappa shape index (κ1) is 62.3. The average molecular weight is 913 g/mol. The van der Waals surface area contributed by atoms with Gasteiger partial charge in [0.2, 0.25) is 0 Å². The van der Waals surface area contributed by atoms with E-state index in [0.717, 1.165) is 96.3 Å². The van der Waals surface area contributed by atoms with E-state index in [-0.39, 0.29) is 31.6 Å². The monoisotopic (exact) mass is 913 g/mol. The molecule has 0 N–H and O–H groups in total. The summed E-state index contributed by atoms with van der Waals surface area (Å²) in [4.78, 5) is 25.4. The Kier molecular flexibility index (Phi) is 52.5. The first-order chi connectivity index (χ1) is 32.6. The molecule has 0 aromatic rings. The van der Waals surface area contributed by atoms with Crippen LogP contribution < -0.4 is 0 Å².